The molecule has 3 amide bonds. The quantitative estimate of drug-likeness (QED) is 0.829. The van der Waals surface area contributed by atoms with Crippen LogP contribution in [0.1, 0.15) is 26.3 Å². The van der Waals surface area contributed by atoms with Crippen LogP contribution in [0.2, 0.25) is 0 Å². The summed E-state index contributed by atoms with van der Waals surface area (Å²) in [7, 11) is 0. The second-order valence-corrected chi connectivity index (χ2v) is 6.56. The fourth-order valence-electron chi connectivity index (χ4n) is 2.90. The molecular weight excluding hydrogens is 335 g/mol. The van der Waals surface area contributed by atoms with Gasteiger partial charge in [0, 0.05) is 26.0 Å². The summed E-state index contributed by atoms with van der Waals surface area (Å²) >= 11 is 0.929. The van der Waals surface area contributed by atoms with Crippen molar-refractivity contribution in [2.24, 2.45) is 5.10 Å². The van der Waals surface area contributed by atoms with E-state index in [2.05, 4.69) is 10.4 Å². The fourth-order valence-corrected chi connectivity index (χ4v) is 4.22. The molecule has 0 aliphatic carbocycles. The molecule has 2 aliphatic rings. The highest BCUT2D eigenvalue weighted by molar-refractivity contribution is 8.15. The molecule has 7 nitrogen and oxygen atoms in total. The van der Waals surface area contributed by atoms with Gasteiger partial charge in [-0.05, 0) is 36.9 Å². The number of likely N-dealkylation sites (N-methyl/N-ethyl adjacent to an activating group) is 1. The van der Waals surface area contributed by atoms with Crippen molar-refractivity contribution in [2.75, 3.05) is 11.4 Å². The minimum atomic E-state index is -1.53. The van der Waals surface area contributed by atoms with Crippen molar-refractivity contribution in [3.8, 4) is 0 Å². The van der Waals surface area contributed by atoms with Crippen molar-refractivity contribution in [1.29, 1.82) is 0 Å². The lowest BCUT2D eigenvalue weighted by molar-refractivity contribution is -0.139. The minimum absolute atomic E-state index is 0.124. The van der Waals surface area contributed by atoms with Crippen molar-refractivity contribution in [1.82, 2.24) is 10.3 Å². The second kappa shape index (κ2) is 5.59. The molecule has 0 bridgehead atoms. The first-order chi connectivity index (χ1) is 11.3. The van der Waals surface area contributed by atoms with Crippen LogP contribution in [0.5, 0.6) is 0 Å². The lowest BCUT2D eigenvalue weighted by atomic mass is 10.1. The maximum atomic E-state index is 13.8. The van der Waals surface area contributed by atoms with Gasteiger partial charge in [-0.2, -0.15) is 5.01 Å². The molecule has 2 aliphatic heterocycles. The van der Waals surface area contributed by atoms with Crippen molar-refractivity contribution in [3.63, 3.8) is 0 Å². The van der Waals surface area contributed by atoms with Gasteiger partial charge in [-0.15, -0.1) is 5.10 Å². The first-order valence-electron chi connectivity index (χ1n) is 7.29. The molecular formula is C15H15FN4O3S. The normalized spacial score (nSPS) is 22.0. The number of hydrogen-bond donors (Lipinski definition) is 1. The highest BCUT2D eigenvalue weighted by Gasteiger charge is 2.61. The SMILES string of the molecule is CCN1C(=O)C2(SC(NC(C)=O)=NN2C(C)=O)c2cc(F)ccc21. The van der Waals surface area contributed by atoms with E-state index in [4.69, 9.17) is 0 Å². The Hall–Kier alpha value is -2.42. The van der Waals surface area contributed by atoms with Crippen LogP contribution in [-0.2, 0) is 19.3 Å². The predicted molar refractivity (Wildman–Crippen MR) is 87.5 cm³/mol. The zero-order valence-electron chi connectivity index (χ0n) is 13.3. The number of nitrogens with zero attached hydrogens (tertiary/aromatic N) is 3. The number of thioether (sulfide) groups is 1. The molecule has 1 spiro atoms. The second-order valence-electron chi connectivity index (χ2n) is 5.37. The van der Waals surface area contributed by atoms with Crippen molar-refractivity contribution >= 4 is 40.3 Å². The summed E-state index contributed by atoms with van der Waals surface area (Å²) in [4.78, 5) is 36.4. The molecule has 3 rings (SSSR count). The monoisotopic (exact) mass is 350 g/mol. The molecule has 1 atom stereocenters. The molecule has 0 saturated carbocycles. The summed E-state index contributed by atoms with van der Waals surface area (Å²) in [6, 6.07) is 4.01. The van der Waals surface area contributed by atoms with Crippen LogP contribution in [-0.4, -0.2) is 34.4 Å². The molecule has 1 N–H and O–H groups in total. The smallest absolute Gasteiger partial charge is 0.270 e. The summed E-state index contributed by atoms with van der Waals surface area (Å²) in [5, 5.41) is 7.70. The van der Waals surface area contributed by atoms with Crippen LogP contribution in [0, 0.1) is 5.82 Å². The van der Waals surface area contributed by atoms with Gasteiger partial charge in [0.25, 0.3) is 5.91 Å². The van der Waals surface area contributed by atoms with Crippen LogP contribution in [0.4, 0.5) is 10.1 Å². The van der Waals surface area contributed by atoms with E-state index in [1.54, 1.807) is 6.92 Å². The summed E-state index contributed by atoms with van der Waals surface area (Å²) < 4.78 is 13.8. The molecule has 9 heteroatoms. The molecule has 0 radical (unpaired) electrons. The number of nitrogens with one attached hydrogen (secondary N) is 1. The number of amides is 3. The van der Waals surface area contributed by atoms with Crippen molar-refractivity contribution in [3.05, 3.63) is 29.6 Å². The average Bonchev–Trinajstić information content (AvgIpc) is 2.98. The molecule has 1 aromatic carbocycles. The fraction of sp³-hybridized carbons (Fsp3) is 0.333. The van der Waals surface area contributed by atoms with Gasteiger partial charge >= 0.3 is 0 Å². The first kappa shape index (κ1) is 16.4. The number of rotatable bonds is 1. The molecule has 2 heterocycles. The first-order valence-corrected chi connectivity index (χ1v) is 8.11. The lowest BCUT2D eigenvalue weighted by Crippen LogP contribution is -2.48. The Morgan fingerprint density at radius 1 is 1.38 bits per heavy atom. The molecule has 24 heavy (non-hydrogen) atoms. The van der Waals surface area contributed by atoms with Gasteiger partial charge in [-0.25, -0.2) is 4.39 Å². The Balaban J connectivity index is 2.19. The molecule has 126 valence electrons. The molecule has 0 saturated heterocycles. The summed E-state index contributed by atoms with van der Waals surface area (Å²) in [6.07, 6.45) is 0. The van der Waals surface area contributed by atoms with Gasteiger partial charge in [0.1, 0.15) is 5.82 Å². The number of amidine groups is 1. The number of carbonyl (C=O) groups is 3. The minimum Gasteiger partial charge on any atom is -0.309 e. The zero-order valence-corrected chi connectivity index (χ0v) is 14.1. The zero-order chi connectivity index (χ0) is 17.6. The maximum absolute atomic E-state index is 13.8. The van der Waals surface area contributed by atoms with Crippen LogP contribution in [0.3, 0.4) is 0 Å². The van der Waals surface area contributed by atoms with Crippen LogP contribution >= 0.6 is 11.8 Å². The maximum Gasteiger partial charge on any atom is 0.270 e. The predicted octanol–water partition coefficient (Wildman–Crippen LogP) is 1.35. The third kappa shape index (κ3) is 2.19. The number of carbonyl (C=O) groups excluding carboxylic acids is 3. The van der Waals surface area contributed by atoms with Gasteiger partial charge in [-0.1, -0.05) is 0 Å². The number of halogens is 1. The Morgan fingerprint density at radius 2 is 2.08 bits per heavy atom. The average molecular weight is 350 g/mol. The Labute approximate surface area is 141 Å². The Kier molecular flexibility index (Phi) is 3.83. The van der Waals surface area contributed by atoms with E-state index in [1.807, 2.05) is 0 Å². The highest BCUT2D eigenvalue weighted by Crippen LogP contribution is 2.54. The van der Waals surface area contributed by atoms with Gasteiger partial charge < -0.3 is 10.2 Å². The standard InChI is InChI=1S/C15H15FN4O3S/c1-4-19-12-6-5-10(16)7-11(12)15(13(19)23)20(9(3)22)18-14(24-15)17-8(2)21/h5-7H,4H2,1-3H3,(H,17,18,21). The van der Waals surface area contributed by atoms with Crippen LogP contribution in [0.25, 0.3) is 0 Å². The Morgan fingerprint density at radius 3 is 2.67 bits per heavy atom. The Bertz CT molecular complexity index is 797. The number of hydrogen-bond acceptors (Lipinski definition) is 5. The van der Waals surface area contributed by atoms with Crippen molar-refractivity contribution < 1.29 is 18.8 Å². The number of fused-ring (bicyclic) bond motifs is 2. The summed E-state index contributed by atoms with van der Waals surface area (Å²) in [5.74, 6) is -1.77. The molecule has 0 aromatic heterocycles. The lowest BCUT2D eigenvalue weighted by Gasteiger charge is -2.29. The van der Waals surface area contributed by atoms with Crippen molar-refractivity contribution in [2.45, 2.75) is 25.6 Å². The van der Waals surface area contributed by atoms with Gasteiger partial charge in [0.2, 0.25) is 16.7 Å². The molecule has 1 unspecified atom stereocenters. The number of benzene rings is 1. The van der Waals surface area contributed by atoms with E-state index in [0.29, 0.717) is 17.8 Å². The highest BCUT2D eigenvalue weighted by atomic mass is 32.2. The van der Waals surface area contributed by atoms with E-state index in [1.165, 1.54) is 36.9 Å². The van der Waals surface area contributed by atoms with Gasteiger partial charge in [0.05, 0.1) is 5.69 Å². The summed E-state index contributed by atoms with van der Waals surface area (Å²) in [5.41, 5.74) is 0.876. The third-order valence-corrected chi connectivity index (χ3v) is 5.02. The van der Waals surface area contributed by atoms with Gasteiger partial charge in [-0.3, -0.25) is 14.4 Å². The van der Waals surface area contributed by atoms with Crippen LogP contribution < -0.4 is 10.2 Å². The largest absolute Gasteiger partial charge is 0.309 e. The van der Waals surface area contributed by atoms with E-state index in [9.17, 15) is 18.8 Å². The van der Waals surface area contributed by atoms with Gasteiger partial charge in [0.15, 0.2) is 5.17 Å². The number of hydrazone groups is 1. The van der Waals surface area contributed by atoms with Crippen LogP contribution in [0.15, 0.2) is 23.3 Å². The number of anilines is 1. The third-order valence-electron chi connectivity index (χ3n) is 3.78. The van der Waals surface area contributed by atoms with E-state index >= 15 is 0 Å². The summed E-state index contributed by atoms with van der Waals surface area (Å²) in [6.45, 7) is 4.72. The topological polar surface area (TPSA) is 82.1 Å². The van der Waals surface area contributed by atoms with E-state index in [-0.39, 0.29) is 11.1 Å². The molecule has 1 aromatic rings. The molecule has 0 fully saturated rings. The van der Waals surface area contributed by atoms with E-state index < -0.39 is 22.5 Å². The van der Waals surface area contributed by atoms with E-state index in [0.717, 1.165) is 16.8 Å².